The Bertz CT molecular complexity index is 1120. The second-order valence-corrected chi connectivity index (χ2v) is 7.60. The van der Waals surface area contributed by atoms with Gasteiger partial charge in [0.25, 0.3) is 17.3 Å². The number of fused-ring (bicyclic) bond motifs is 1. The van der Waals surface area contributed by atoms with E-state index >= 15 is 0 Å². The van der Waals surface area contributed by atoms with E-state index < -0.39 is 32.9 Å². The lowest BCUT2D eigenvalue weighted by Crippen LogP contribution is -2.36. The summed E-state index contributed by atoms with van der Waals surface area (Å²) in [7, 11) is 3.58. The van der Waals surface area contributed by atoms with Gasteiger partial charge in [-0.05, 0) is 26.2 Å². The fourth-order valence-corrected chi connectivity index (χ4v) is 3.69. The van der Waals surface area contributed by atoms with E-state index in [9.17, 15) is 29.4 Å². The number of para-hydroxylation sites is 1. The van der Waals surface area contributed by atoms with Crippen LogP contribution in [0.5, 0.6) is 0 Å². The van der Waals surface area contributed by atoms with Crippen LogP contribution in [0.15, 0.2) is 36.4 Å². The van der Waals surface area contributed by atoms with Gasteiger partial charge >= 0.3 is 0 Å². The summed E-state index contributed by atoms with van der Waals surface area (Å²) < 4.78 is 14.6. The van der Waals surface area contributed by atoms with Crippen molar-refractivity contribution in [2.24, 2.45) is 0 Å². The number of thiazole rings is 1. The predicted octanol–water partition coefficient (Wildman–Crippen LogP) is 3.88. The molecule has 3 rings (SSSR count). The van der Waals surface area contributed by atoms with Crippen molar-refractivity contribution >= 4 is 56.4 Å². The quantitative estimate of drug-likeness (QED) is 0.380. The monoisotopic (exact) mass is 469 g/mol. The van der Waals surface area contributed by atoms with Crippen LogP contribution in [0.25, 0.3) is 10.2 Å². The highest BCUT2D eigenvalue weighted by molar-refractivity contribution is 7.22. The molecule has 1 amide bonds. The molecule has 1 aromatic heterocycles. The van der Waals surface area contributed by atoms with Crippen molar-refractivity contribution < 1.29 is 19.0 Å². The van der Waals surface area contributed by atoms with Gasteiger partial charge in [0.15, 0.2) is 5.13 Å². The first-order valence-corrected chi connectivity index (χ1v) is 9.44. The topological polar surface area (TPSA) is 123 Å². The minimum absolute atomic E-state index is 0. The zero-order valence-electron chi connectivity index (χ0n) is 16.4. The van der Waals surface area contributed by atoms with Gasteiger partial charge in [0.1, 0.15) is 11.3 Å². The molecule has 0 fully saturated rings. The first kappa shape index (κ1) is 24.1. The van der Waals surface area contributed by atoms with Crippen LogP contribution in [0.2, 0.25) is 0 Å². The van der Waals surface area contributed by atoms with Crippen LogP contribution < -0.4 is 4.90 Å². The molecule has 0 radical (unpaired) electrons. The molecule has 0 unspecified atom stereocenters. The zero-order chi connectivity index (χ0) is 22.0. The summed E-state index contributed by atoms with van der Waals surface area (Å²) >= 11 is 1.08. The number of halogens is 2. The predicted molar refractivity (Wildman–Crippen MR) is 117 cm³/mol. The van der Waals surface area contributed by atoms with E-state index in [1.165, 1.54) is 17.0 Å². The Hall–Kier alpha value is -3.22. The minimum Gasteiger partial charge on any atom is -0.308 e. The van der Waals surface area contributed by atoms with E-state index in [4.69, 9.17) is 0 Å². The van der Waals surface area contributed by atoms with Crippen LogP contribution in [-0.4, -0.2) is 52.8 Å². The van der Waals surface area contributed by atoms with Gasteiger partial charge in [0.2, 0.25) is 0 Å². The number of hydrogen-bond acceptors (Lipinski definition) is 8. The molecular weight excluding hydrogens is 453 g/mol. The zero-order valence-corrected chi connectivity index (χ0v) is 18.0. The van der Waals surface area contributed by atoms with Gasteiger partial charge in [0, 0.05) is 25.2 Å². The number of nitro groups is 2. The highest BCUT2D eigenvalue weighted by Crippen LogP contribution is 2.32. The van der Waals surface area contributed by atoms with E-state index in [-0.39, 0.29) is 35.2 Å². The average Bonchev–Trinajstić information content (AvgIpc) is 3.12. The molecule has 1 heterocycles. The van der Waals surface area contributed by atoms with Gasteiger partial charge in [0.05, 0.1) is 26.2 Å². The fourth-order valence-electron chi connectivity index (χ4n) is 2.69. The van der Waals surface area contributed by atoms with Crippen molar-refractivity contribution in [1.29, 1.82) is 0 Å². The fraction of sp³-hybridized carbons (Fsp3) is 0.222. The van der Waals surface area contributed by atoms with Crippen molar-refractivity contribution in [2.45, 2.75) is 0 Å². The van der Waals surface area contributed by atoms with Gasteiger partial charge in [-0.1, -0.05) is 17.4 Å². The molecule has 2 aromatic carbocycles. The molecule has 0 N–H and O–H groups in total. The van der Waals surface area contributed by atoms with Gasteiger partial charge in [-0.15, -0.1) is 12.4 Å². The summed E-state index contributed by atoms with van der Waals surface area (Å²) in [6.45, 7) is 0.560. The number of hydrogen-bond donors (Lipinski definition) is 0. The molecule has 0 saturated carbocycles. The Kier molecular flexibility index (Phi) is 7.55. The molecule has 0 aliphatic carbocycles. The third-order valence-electron chi connectivity index (χ3n) is 4.18. The summed E-state index contributed by atoms with van der Waals surface area (Å²) in [4.78, 5) is 41.2. The highest BCUT2D eigenvalue weighted by atomic mass is 35.5. The first-order valence-electron chi connectivity index (χ1n) is 8.63. The number of amides is 1. The molecule has 0 aliphatic heterocycles. The summed E-state index contributed by atoms with van der Waals surface area (Å²) in [6, 6.07) is 7.18. The third kappa shape index (κ3) is 5.29. The summed E-state index contributed by atoms with van der Waals surface area (Å²) in [5.41, 5.74) is -1.27. The van der Waals surface area contributed by atoms with E-state index in [0.29, 0.717) is 11.2 Å². The number of non-ortho nitro benzene ring substituents is 2. The number of anilines is 1. The molecule has 164 valence electrons. The van der Waals surface area contributed by atoms with Gasteiger partial charge in [-0.3, -0.25) is 29.9 Å². The van der Waals surface area contributed by atoms with Crippen LogP contribution in [0.3, 0.4) is 0 Å². The summed E-state index contributed by atoms with van der Waals surface area (Å²) in [5.74, 6) is -1.25. The molecular formula is C18H17ClFN5O5S. The van der Waals surface area contributed by atoms with Crippen molar-refractivity contribution in [1.82, 2.24) is 9.88 Å². The second kappa shape index (κ2) is 9.73. The Morgan fingerprint density at radius 2 is 1.71 bits per heavy atom. The Labute approximate surface area is 185 Å². The van der Waals surface area contributed by atoms with Crippen molar-refractivity contribution in [3.63, 3.8) is 0 Å². The van der Waals surface area contributed by atoms with Crippen LogP contribution in [-0.2, 0) is 0 Å². The van der Waals surface area contributed by atoms with Crippen LogP contribution in [0, 0.1) is 26.0 Å². The Morgan fingerprint density at radius 3 is 2.23 bits per heavy atom. The number of nitro benzene ring substituents is 2. The van der Waals surface area contributed by atoms with Crippen molar-refractivity contribution in [2.75, 3.05) is 32.1 Å². The maximum Gasteiger partial charge on any atom is 0.277 e. The first-order chi connectivity index (χ1) is 14.2. The van der Waals surface area contributed by atoms with Crippen LogP contribution in [0.4, 0.5) is 20.9 Å². The molecule has 0 saturated heterocycles. The van der Waals surface area contributed by atoms with E-state index in [2.05, 4.69) is 4.98 Å². The summed E-state index contributed by atoms with van der Waals surface area (Å²) in [5, 5.41) is 22.5. The molecule has 0 atom stereocenters. The highest BCUT2D eigenvalue weighted by Gasteiger charge is 2.26. The number of carbonyl (C=O) groups is 1. The van der Waals surface area contributed by atoms with Gasteiger partial charge in [-0.2, -0.15) is 0 Å². The Morgan fingerprint density at radius 1 is 1.10 bits per heavy atom. The summed E-state index contributed by atoms with van der Waals surface area (Å²) in [6.07, 6.45) is 0. The lowest BCUT2D eigenvalue weighted by molar-refractivity contribution is -0.394. The second-order valence-electron chi connectivity index (χ2n) is 6.60. The SMILES string of the molecule is CN(C)CCN(C(=O)c1cc([N+](=O)[O-])cc([N+](=O)[O-])c1)c1nc2c(F)cccc2s1.Cl. The molecule has 3 aromatic rings. The molecule has 0 aliphatic rings. The number of nitrogens with zero attached hydrogens (tertiary/aromatic N) is 5. The number of likely N-dealkylation sites (N-methyl/N-ethyl adjacent to an activating group) is 1. The third-order valence-corrected chi connectivity index (χ3v) is 5.22. The smallest absolute Gasteiger partial charge is 0.277 e. The van der Waals surface area contributed by atoms with Gasteiger partial charge in [-0.25, -0.2) is 9.37 Å². The number of aromatic nitrogens is 1. The van der Waals surface area contributed by atoms with Crippen molar-refractivity contribution in [3.8, 4) is 0 Å². The van der Waals surface area contributed by atoms with E-state index in [1.807, 2.05) is 4.90 Å². The van der Waals surface area contributed by atoms with E-state index in [0.717, 1.165) is 29.5 Å². The lowest BCUT2D eigenvalue weighted by Gasteiger charge is -2.22. The van der Waals surface area contributed by atoms with Crippen LogP contribution in [0.1, 0.15) is 10.4 Å². The number of carbonyl (C=O) groups excluding carboxylic acids is 1. The van der Waals surface area contributed by atoms with Gasteiger partial charge < -0.3 is 4.90 Å². The average molecular weight is 470 g/mol. The Balaban J connectivity index is 0.00000341. The minimum atomic E-state index is -0.805. The van der Waals surface area contributed by atoms with Crippen molar-refractivity contribution in [3.05, 3.63) is 68.0 Å². The maximum atomic E-state index is 14.1. The van der Waals surface area contributed by atoms with E-state index in [1.54, 1.807) is 20.2 Å². The molecule has 31 heavy (non-hydrogen) atoms. The molecule has 13 heteroatoms. The number of rotatable bonds is 7. The molecule has 0 spiro atoms. The standard InChI is InChI=1S/C18H16FN5O5S.ClH/c1-21(2)6-7-22(18-20-16-14(19)4-3-5-15(16)30-18)17(25)11-8-12(23(26)27)10-13(9-11)24(28)29;/h3-5,8-10H,6-7H2,1-2H3;1H. The largest absolute Gasteiger partial charge is 0.308 e. The molecule has 0 bridgehead atoms. The molecule has 10 nitrogen and oxygen atoms in total. The lowest BCUT2D eigenvalue weighted by atomic mass is 10.1. The maximum absolute atomic E-state index is 14.1. The number of benzene rings is 2. The van der Waals surface area contributed by atoms with Crippen LogP contribution >= 0.6 is 23.7 Å². The normalized spacial score (nSPS) is 10.7.